The zero-order valence-corrected chi connectivity index (χ0v) is 35.7. The molecule has 4 atom stereocenters. The Balaban J connectivity index is 0.898. The predicted octanol–water partition coefficient (Wildman–Crippen LogP) is 6.76. The number of amides is 4. The number of aromatic amines is 2. The third kappa shape index (κ3) is 6.59. The SMILES string of the molecule is COC(=O)N[C@@H](C)C(=O)N1CC2(CC2)C[C@H]1c1ncc(-c2ccc3c(c2)C2(COC2)c2cc(-c4ccc5nc([C@@H]6CCCN6C(=O)[C@@H](NC(=O)OC)C(C)C)[nH]c5c4)ccc2-3)[nH]1. The average molecular weight is 841 g/mol. The fourth-order valence-electron chi connectivity index (χ4n) is 10.3. The molecule has 0 radical (unpaired) electrons. The summed E-state index contributed by atoms with van der Waals surface area (Å²) in [4.78, 5) is 72.0. The number of benzene rings is 3. The Kier molecular flexibility index (Phi) is 9.65. The van der Waals surface area contributed by atoms with Crippen LogP contribution in [0, 0.1) is 11.3 Å². The fourth-order valence-corrected chi connectivity index (χ4v) is 10.3. The Bertz CT molecular complexity index is 2620. The first-order valence-electron chi connectivity index (χ1n) is 21.6. The van der Waals surface area contributed by atoms with Gasteiger partial charge in [0.2, 0.25) is 11.8 Å². The first-order chi connectivity index (χ1) is 29.9. The second kappa shape index (κ2) is 15.0. The van der Waals surface area contributed by atoms with E-state index in [2.05, 4.69) is 69.1 Å². The van der Waals surface area contributed by atoms with E-state index in [0.717, 1.165) is 77.2 Å². The van der Waals surface area contributed by atoms with Crippen molar-refractivity contribution in [2.24, 2.45) is 11.3 Å². The molecule has 2 spiro atoms. The van der Waals surface area contributed by atoms with Gasteiger partial charge in [-0.1, -0.05) is 44.2 Å². The molecule has 15 nitrogen and oxygen atoms in total. The number of likely N-dealkylation sites (tertiary alicyclic amines) is 2. The predicted molar refractivity (Wildman–Crippen MR) is 230 cm³/mol. The van der Waals surface area contributed by atoms with Gasteiger partial charge in [-0.2, -0.15) is 0 Å². The van der Waals surface area contributed by atoms with Gasteiger partial charge < -0.3 is 44.6 Å². The van der Waals surface area contributed by atoms with Gasteiger partial charge in [0.15, 0.2) is 0 Å². The number of ether oxygens (including phenoxy) is 3. The third-order valence-corrected chi connectivity index (χ3v) is 14.0. The molecular formula is C47H52N8O7. The van der Waals surface area contributed by atoms with Crippen LogP contribution in [0.25, 0.3) is 44.5 Å². The molecule has 3 aromatic carbocycles. The molecule has 5 aromatic rings. The largest absolute Gasteiger partial charge is 0.453 e. The standard InChI is InChI=1S/C47H52N8O7/c1-25(2)39(53-45(59)61-5)43(57)54-16-6-7-37(54)41-50-34-13-10-28(19-35(34)51-41)27-8-11-30-31-12-9-29(18-33(31)47(23-62-24-47)32(30)17-27)36-21-48-40(52-36)38-20-46(14-15-46)22-55(38)42(56)26(3)49-44(58)60-4/h8-13,17-19,21,25-26,37-39H,6-7,14-16,20,22-24H2,1-5H3,(H,48,52)(H,49,58)(H,50,51)(H,53,59)/t26-,37-,38-,39-/m0/s1. The van der Waals surface area contributed by atoms with Gasteiger partial charge >= 0.3 is 12.2 Å². The minimum Gasteiger partial charge on any atom is -0.453 e. The average Bonchev–Trinajstić information content (AvgIpc) is 3.84. The quantitative estimate of drug-likeness (QED) is 0.125. The van der Waals surface area contributed by atoms with Crippen molar-refractivity contribution in [1.82, 2.24) is 40.4 Å². The summed E-state index contributed by atoms with van der Waals surface area (Å²) in [5.41, 5.74) is 10.5. The number of nitrogens with one attached hydrogen (secondary N) is 4. The summed E-state index contributed by atoms with van der Waals surface area (Å²) in [6.07, 6.45) is 5.23. The van der Waals surface area contributed by atoms with Crippen LogP contribution in [-0.4, -0.2) is 106 Å². The molecule has 5 aliphatic rings. The van der Waals surface area contributed by atoms with Gasteiger partial charge in [0.25, 0.3) is 0 Å². The van der Waals surface area contributed by atoms with Crippen LogP contribution in [0.1, 0.15) is 87.7 Å². The Morgan fingerprint density at radius 2 is 1.48 bits per heavy atom. The van der Waals surface area contributed by atoms with Gasteiger partial charge in [-0.25, -0.2) is 19.6 Å². The summed E-state index contributed by atoms with van der Waals surface area (Å²) >= 11 is 0. The van der Waals surface area contributed by atoms with Crippen molar-refractivity contribution in [3.05, 3.63) is 83.6 Å². The number of methoxy groups -OCH3 is 2. The lowest BCUT2D eigenvalue weighted by Gasteiger charge is -2.40. The third-order valence-electron chi connectivity index (χ3n) is 14.0. The molecule has 322 valence electrons. The maximum atomic E-state index is 13.8. The lowest BCUT2D eigenvalue weighted by atomic mass is 9.75. The molecule has 1 saturated carbocycles. The monoisotopic (exact) mass is 840 g/mol. The molecule has 2 aromatic heterocycles. The van der Waals surface area contributed by atoms with Gasteiger partial charge in [-0.3, -0.25) is 9.59 Å². The van der Waals surface area contributed by atoms with E-state index in [9.17, 15) is 19.2 Å². The van der Waals surface area contributed by atoms with E-state index in [-0.39, 0.29) is 40.6 Å². The van der Waals surface area contributed by atoms with Crippen LogP contribution in [0.15, 0.2) is 60.8 Å². The van der Waals surface area contributed by atoms with Gasteiger partial charge in [0, 0.05) is 13.1 Å². The van der Waals surface area contributed by atoms with E-state index in [1.807, 2.05) is 35.9 Å². The van der Waals surface area contributed by atoms with Crippen molar-refractivity contribution in [3.8, 4) is 33.5 Å². The Morgan fingerprint density at radius 3 is 2.16 bits per heavy atom. The molecule has 0 unspecified atom stereocenters. The van der Waals surface area contributed by atoms with Gasteiger partial charge in [0.1, 0.15) is 23.7 Å². The smallest absolute Gasteiger partial charge is 0.407 e. The van der Waals surface area contributed by atoms with Crippen LogP contribution in [0.3, 0.4) is 0 Å². The van der Waals surface area contributed by atoms with E-state index in [0.29, 0.717) is 26.3 Å². The summed E-state index contributed by atoms with van der Waals surface area (Å²) in [7, 11) is 2.59. The van der Waals surface area contributed by atoms with Gasteiger partial charge in [0.05, 0.1) is 67.9 Å². The maximum Gasteiger partial charge on any atom is 0.407 e. The van der Waals surface area contributed by atoms with Crippen LogP contribution in [0.4, 0.5) is 9.59 Å². The zero-order chi connectivity index (χ0) is 43.1. The molecular weight excluding hydrogens is 789 g/mol. The molecule has 5 heterocycles. The van der Waals surface area contributed by atoms with Gasteiger partial charge in [-0.15, -0.1) is 0 Å². The van der Waals surface area contributed by atoms with Gasteiger partial charge in [-0.05, 0) is 114 Å². The van der Waals surface area contributed by atoms with E-state index < -0.39 is 24.3 Å². The molecule has 0 bridgehead atoms. The second-order valence-electron chi connectivity index (χ2n) is 18.2. The molecule has 3 aliphatic heterocycles. The summed E-state index contributed by atoms with van der Waals surface area (Å²) in [6, 6.07) is 17.7. The zero-order valence-electron chi connectivity index (χ0n) is 35.7. The van der Waals surface area contributed by atoms with E-state index in [4.69, 9.17) is 24.2 Å². The molecule has 4 fully saturated rings. The Labute approximate surface area is 359 Å². The first-order valence-corrected chi connectivity index (χ1v) is 21.6. The van der Waals surface area contributed by atoms with Crippen LogP contribution in [0.5, 0.6) is 0 Å². The molecule has 2 aliphatic carbocycles. The number of hydrogen-bond donors (Lipinski definition) is 4. The second-order valence-corrected chi connectivity index (χ2v) is 18.2. The van der Waals surface area contributed by atoms with Crippen molar-refractivity contribution in [2.75, 3.05) is 40.5 Å². The first kappa shape index (κ1) is 39.9. The number of carbonyl (C=O) groups is 4. The highest BCUT2D eigenvalue weighted by molar-refractivity contribution is 5.89. The Morgan fingerprint density at radius 1 is 0.806 bits per heavy atom. The summed E-state index contributed by atoms with van der Waals surface area (Å²) in [6.45, 7) is 7.92. The number of fused-ring (bicyclic) bond motifs is 6. The fraction of sp³-hybridized carbons (Fsp3) is 0.447. The summed E-state index contributed by atoms with van der Waals surface area (Å²) < 4.78 is 15.5. The summed E-state index contributed by atoms with van der Waals surface area (Å²) in [5, 5.41) is 5.36. The van der Waals surface area contributed by atoms with E-state index >= 15 is 0 Å². The highest BCUT2D eigenvalue weighted by atomic mass is 16.5. The lowest BCUT2D eigenvalue weighted by molar-refractivity contribution is -0.135. The lowest BCUT2D eigenvalue weighted by Crippen LogP contribution is -2.51. The topological polar surface area (TPSA) is 184 Å². The Hall–Kier alpha value is -6.22. The van der Waals surface area contributed by atoms with Crippen molar-refractivity contribution in [2.45, 2.75) is 82.5 Å². The number of carbonyl (C=O) groups excluding carboxylic acids is 4. The van der Waals surface area contributed by atoms with Crippen molar-refractivity contribution >= 4 is 35.0 Å². The van der Waals surface area contributed by atoms with Crippen LogP contribution >= 0.6 is 0 Å². The molecule has 4 N–H and O–H groups in total. The molecule has 15 heteroatoms. The number of nitrogens with zero attached hydrogens (tertiary/aromatic N) is 4. The maximum absolute atomic E-state index is 13.8. The number of rotatable bonds is 9. The molecule has 10 rings (SSSR count). The minimum absolute atomic E-state index is 0.114. The minimum atomic E-state index is -0.719. The van der Waals surface area contributed by atoms with Crippen molar-refractivity contribution in [3.63, 3.8) is 0 Å². The van der Waals surface area contributed by atoms with Crippen molar-refractivity contribution in [1.29, 1.82) is 0 Å². The molecule has 62 heavy (non-hydrogen) atoms. The number of hydrogen-bond acceptors (Lipinski definition) is 9. The number of aromatic nitrogens is 4. The van der Waals surface area contributed by atoms with Crippen molar-refractivity contribution < 1.29 is 33.4 Å². The number of imidazole rings is 2. The normalized spacial score (nSPS) is 21.1. The van der Waals surface area contributed by atoms with E-state index in [1.165, 1.54) is 36.5 Å². The van der Waals surface area contributed by atoms with E-state index in [1.54, 1.807) is 6.92 Å². The highest BCUT2D eigenvalue weighted by Crippen LogP contribution is 2.59. The highest BCUT2D eigenvalue weighted by Gasteiger charge is 2.55. The van der Waals surface area contributed by atoms with Crippen LogP contribution in [0.2, 0.25) is 0 Å². The summed E-state index contributed by atoms with van der Waals surface area (Å²) in [5.74, 6) is 1.09. The van der Waals surface area contributed by atoms with Crippen LogP contribution in [-0.2, 0) is 29.2 Å². The number of alkyl carbamates (subject to hydrolysis) is 2. The molecule has 3 saturated heterocycles. The number of H-pyrrole nitrogens is 2. The van der Waals surface area contributed by atoms with Crippen LogP contribution < -0.4 is 10.6 Å². The molecule has 4 amide bonds.